The first-order valence-corrected chi connectivity index (χ1v) is 8.68. The van der Waals surface area contributed by atoms with Crippen LogP contribution in [-0.4, -0.2) is 44.5 Å². The Bertz CT molecular complexity index is 634. The van der Waals surface area contributed by atoms with Crippen molar-refractivity contribution in [1.29, 1.82) is 0 Å². The van der Waals surface area contributed by atoms with E-state index in [1.807, 2.05) is 24.9 Å². The van der Waals surface area contributed by atoms with Crippen LogP contribution in [0.15, 0.2) is 16.1 Å². The summed E-state index contributed by atoms with van der Waals surface area (Å²) in [7, 11) is -1.34. The Morgan fingerprint density at radius 3 is 2.65 bits per heavy atom. The highest BCUT2D eigenvalue weighted by atomic mass is 32.2. The Labute approximate surface area is 120 Å². The molecule has 1 aromatic heterocycles. The summed E-state index contributed by atoms with van der Waals surface area (Å²) in [4.78, 5) is 10.7. The smallest absolute Gasteiger partial charge is 0.193 e. The highest BCUT2D eigenvalue weighted by molar-refractivity contribution is 7.90. The predicted octanol–water partition coefficient (Wildman–Crippen LogP) is 2.28. The zero-order chi connectivity index (χ0) is 14.9. The SMILES string of the molecule is CCN(C)C=Nc1cc(C2CC2)c(S(C)(=O)=O)nc1C. The van der Waals surface area contributed by atoms with Gasteiger partial charge in [0.25, 0.3) is 0 Å². The molecule has 6 heteroatoms. The topological polar surface area (TPSA) is 62.6 Å². The van der Waals surface area contributed by atoms with Crippen LogP contribution in [0.5, 0.6) is 0 Å². The van der Waals surface area contributed by atoms with E-state index < -0.39 is 9.84 Å². The van der Waals surface area contributed by atoms with Gasteiger partial charge >= 0.3 is 0 Å². The fourth-order valence-electron chi connectivity index (χ4n) is 1.94. The maximum absolute atomic E-state index is 11.9. The highest BCUT2D eigenvalue weighted by Crippen LogP contribution is 2.43. The average molecular weight is 295 g/mol. The number of aliphatic imine (C=N–C) groups is 1. The van der Waals surface area contributed by atoms with Crippen LogP contribution in [0.1, 0.15) is 36.9 Å². The second-order valence-corrected chi connectivity index (χ2v) is 7.28. The Morgan fingerprint density at radius 2 is 2.15 bits per heavy atom. The Balaban J connectivity index is 2.46. The van der Waals surface area contributed by atoms with Crippen LogP contribution in [0.2, 0.25) is 0 Å². The van der Waals surface area contributed by atoms with Gasteiger partial charge in [-0.1, -0.05) is 0 Å². The number of sulfone groups is 1. The summed E-state index contributed by atoms with van der Waals surface area (Å²) in [6.45, 7) is 4.70. The van der Waals surface area contributed by atoms with Gasteiger partial charge in [-0.3, -0.25) is 0 Å². The van der Waals surface area contributed by atoms with E-state index >= 15 is 0 Å². The molecule has 1 aromatic rings. The largest absolute Gasteiger partial charge is 0.366 e. The fraction of sp³-hybridized carbons (Fsp3) is 0.571. The third kappa shape index (κ3) is 3.36. The number of aryl methyl sites for hydroxylation is 1. The van der Waals surface area contributed by atoms with Crippen LogP contribution in [0.25, 0.3) is 0 Å². The molecule has 2 rings (SSSR count). The lowest BCUT2D eigenvalue weighted by atomic mass is 10.1. The molecule has 1 saturated carbocycles. The van der Waals surface area contributed by atoms with Crippen molar-refractivity contribution in [2.45, 2.75) is 37.6 Å². The lowest BCUT2D eigenvalue weighted by molar-refractivity contribution is 0.552. The van der Waals surface area contributed by atoms with Crippen molar-refractivity contribution >= 4 is 21.9 Å². The molecule has 0 N–H and O–H groups in total. The molecule has 20 heavy (non-hydrogen) atoms. The molecule has 0 saturated heterocycles. The summed E-state index contributed by atoms with van der Waals surface area (Å²) in [5, 5.41) is 0.222. The Kier molecular flexibility index (Phi) is 4.13. The van der Waals surface area contributed by atoms with Crippen molar-refractivity contribution in [2.75, 3.05) is 19.8 Å². The van der Waals surface area contributed by atoms with Crippen LogP contribution in [0.3, 0.4) is 0 Å². The molecule has 1 heterocycles. The first-order chi connectivity index (χ1) is 9.32. The number of rotatable bonds is 5. The van der Waals surface area contributed by atoms with E-state index in [-0.39, 0.29) is 5.03 Å². The van der Waals surface area contributed by atoms with Gasteiger partial charge in [-0.25, -0.2) is 18.4 Å². The number of aromatic nitrogens is 1. The molecule has 0 atom stereocenters. The maximum atomic E-state index is 11.9. The number of hydrogen-bond acceptors (Lipinski definition) is 4. The summed E-state index contributed by atoms with van der Waals surface area (Å²) in [5.41, 5.74) is 2.22. The summed E-state index contributed by atoms with van der Waals surface area (Å²) >= 11 is 0. The molecule has 1 fully saturated rings. The van der Waals surface area contributed by atoms with Crippen molar-refractivity contribution in [2.24, 2.45) is 4.99 Å². The summed E-state index contributed by atoms with van der Waals surface area (Å²) in [6.07, 6.45) is 5.03. The van der Waals surface area contributed by atoms with Gasteiger partial charge in [0.15, 0.2) is 14.9 Å². The van der Waals surface area contributed by atoms with E-state index in [1.165, 1.54) is 6.26 Å². The molecule has 1 aliphatic carbocycles. The molecule has 0 aromatic carbocycles. The molecule has 1 aliphatic rings. The lowest BCUT2D eigenvalue weighted by Crippen LogP contribution is -2.14. The van der Waals surface area contributed by atoms with Crippen molar-refractivity contribution in [3.63, 3.8) is 0 Å². The quantitative estimate of drug-likeness (QED) is 0.617. The van der Waals surface area contributed by atoms with Gasteiger partial charge in [0, 0.05) is 19.8 Å². The summed E-state index contributed by atoms with van der Waals surface area (Å²) in [6, 6.07) is 1.89. The van der Waals surface area contributed by atoms with Crippen LogP contribution in [-0.2, 0) is 9.84 Å². The van der Waals surface area contributed by atoms with Crippen molar-refractivity contribution in [3.8, 4) is 0 Å². The molecule has 0 spiro atoms. The first kappa shape index (κ1) is 15.0. The second-order valence-electron chi connectivity index (χ2n) is 5.35. The van der Waals surface area contributed by atoms with E-state index in [4.69, 9.17) is 0 Å². The predicted molar refractivity (Wildman–Crippen MR) is 80.5 cm³/mol. The van der Waals surface area contributed by atoms with Gasteiger partial charge in [0.2, 0.25) is 0 Å². The van der Waals surface area contributed by atoms with Gasteiger partial charge in [0.1, 0.15) is 0 Å². The Hall–Kier alpha value is -1.43. The fourth-order valence-corrected chi connectivity index (χ4v) is 2.90. The molecule has 0 amide bonds. The van der Waals surface area contributed by atoms with Crippen molar-refractivity contribution < 1.29 is 8.42 Å². The zero-order valence-electron chi connectivity index (χ0n) is 12.4. The molecule has 0 radical (unpaired) electrons. The monoisotopic (exact) mass is 295 g/mol. The lowest BCUT2D eigenvalue weighted by Gasteiger charge is -2.11. The number of hydrogen-bond donors (Lipinski definition) is 0. The van der Waals surface area contributed by atoms with Gasteiger partial charge in [0.05, 0.1) is 17.7 Å². The molecular formula is C14H21N3O2S. The third-order valence-electron chi connectivity index (χ3n) is 3.44. The van der Waals surface area contributed by atoms with E-state index in [9.17, 15) is 8.42 Å². The van der Waals surface area contributed by atoms with Gasteiger partial charge in [-0.2, -0.15) is 0 Å². The van der Waals surface area contributed by atoms with Crippen LogP contribution in [0, 0.1) is 6.92 Å². The molecule has 5 nitrogen and oxygen atoms in total. The molecular weight excluding hydrogens is 274 g/mol. The second kappa shape index (κ2) is 5.52. The third-order valence-corrected chi connectivity index (χ3v) is 4.47. The van der Waals surface area contributed by atoms with Gasteiger partial charge < -0.3 is 4.90 Å². The average Bonchev–Trinajstić information content (AvgIpc) is 3.19. The van der Waals surface area contributed by atoms with Gasteiger partial charge in [-0.15, -0.1) is 0 Å². The number of nitrogens with zero attached hydrogens (tertiary/aromatic N) is 3. The molecule has 0 bridgehead atoms. The Morgan fingerprint density at radius 1 is 1.50 bits per heavy atom. The standard InChI is InChI=1S/C14H21N3O2S/c1-5-17(3)9-15-13-8-12(11-6-7-11)14(16-10(13)2)20(4,18)19/h8-9,11H,5-7H2,1-4H3. The minimum absolute atomic E-state index is 0.222. The molecule has 0 unspecified atom stereocenters. The van der Waals surface area contributed by atoms with E-state index in [0.29, 0.717) is 11.6 Å². The van der Waals surface area contributed by atoms with E-state index in [0.717, 1.165) is 30.6 Å². The van der Waals surface area contributed by atoms with Crippen molar-refractivity contribution in [3.05, 3.63) is 17.3 Å². The van der Waals surface area contributed by atoms with Gasteiger partial charge in [-0.05, 0) is 44.2 Å². The zero-order valence-corrected chi connectivity index (χ0v) is 13.2. The van der Waals surface area contributed by atoms with Crippen molar-refractivity contribution in [1.82, 2.24) is 9.88 Å². The molecule has 110 valence electrons. The normalized spacial score (nSPS) is 15.8. The minimum atomic E-state index is -3.29. The first-order valence-electron chi connectivity index (χ1n) is 6.79. The van der Waals surface area contributed by atoms with E-state index in [2.05, 4.69) is 9.98 Å². The van der Waals surface area contributed by atoms with E-state index in [1.54, 1.807) is 13.3 Å². The summed E-state index contributed by atoms with van der Waals surface area (Å²) in [5.74, 6) is 0.325. The molecule has 0 aliphatic heterocycles. The van der Waals surface area contributed by atoms with Crippen LogP contribution < -0.4 is 0 Å². The highest BCUT2D eigenvalue weighted by Gasteiger charge is 2.30. The number of pyridine rings is 1. The maximum Gasteiger partial charge on any atom is 0.193 e. The van der Waals surface area contributed by atoms with Crippen LogP contribution >= 0.6 is 0 Å². The van der Waals surface area contributed by atoms with Crippen LogP contribution in [0.4, 0.5) is 5.69 Å². The summed E-state index contributed by atoms with van der Waals surface area (Å²) < 4.78 is 23.7. The minimum Gasteiger partial charge on any atom is -0.366 e.